The number of aliphatic hydroxyl groups is 1. The molecule has 1 saturated heterocycles. The standard InChI is InChI=1S/C19H30N2O4/c1-18(2)6-3-7-19(13-18,14-22)20-17(23)16-5-4-15(25-16)12-21-8-10-24-11-9-21/h4-5,22H,3,6-14H2,1-2H3,(H,20,23). The summed E-state index contributed by atoms with van der Waals surface area (Å²) in [5.41, 5.74) is -0.422. The van der Waals surface area contributed by atoms with Gasteiger partial charge < -0.3 is 19.6 Å². The van der Waals surface area contributed by atoms with Crippen molar-refractivity contribution in [3.63, 3.8) is 0 Å². The summed E-state index contributed by atoms with van der Waals surface area (Å²) in [4.78, 5) is 14.9. The zero-order chi connectivity index (χ0) is 17.9. The lowest BCUT2D eigenvalue weighted by Crippen LogP contribution is -2.55. The maximum Gasteiger partial charge on any atom is 0.287 e. The zero-order valence-corrected chi connectivity index (χ0v) is 15.3. The van der Waals surface area contributed by atoms with Gasteiger partial charge in [0.15, 0.2) is 5.76 Å². The monoisotopic (exact) mass is 350 g/mol. The summed E-state index contributed by atoms with van der Waals surface area (Å²) in [6, 6.07) is 3.59. The summed E-state index contributed by atoms with van der Waals surface area (Å²) in [5, 5.41) is 13.0. The molecule has 0 aromatic carbocycles. The molecule has 2 aliphatic rings. The molecule has 1 atom stereocenters. The van der Waals surface area contributed by atoms with E-state index >= 15 is 0 Å². The predicted octanol–water partition coefficient (Wildman–Crippen LogP) is 2.17. The fourth-order valence-corrected chi connectivity index (χ4v) is 4.15. The molecule has 1 amide bonds. The summed E-state index contributed by atoms with van der Waals surface area (Å²) in [5.74, 6) is 0.869. The van der Waals surface area contributed by atoms with Crippen molar-refractivity contribution in [3.05, 3.63) is 23.7 Å². The number of hydrogen-bond acceptors (Lipinski definition) is 5. The number of morpholine rings is 1. The molecule has 1 aliphatic carbocycles. The van der Waals surface area contributed by atoms with Gasteiger partial charge in [-0.05, 0) is 36.8 Å². The molecule has 1 unspecified atom stereocenters. The van der Waals surface area contributed by atoms with Crippen molar-refractivity contribution >= 4 is 5.91 Å². The Hall–Kier alpha value is -1.37. The van der Waals surface area contributed by atoms with Gasteiger partial charge in [-0.25, -0.2) is 0 Å². The van der Waals surface area contributed by atoms with Crippen molar-refractivity contribution in [3.8, 4) is 0 Å². The van der Waals surface area contributed by atoms with Crippen molar-refractivity contribution in [2.75, 3.05) is 32.9 Å². The molecule has 0 bridgehead atoms. The molecule has 6 nitrogen and oxygen atoms in total. The van der Waals surface area contributed by atoms with Crippen LogP contribution < -0.4 is 5.32 Å². The van der Waals surface area contributed by atoms with Gasteiger partial charge in [-0.15, -0.1) is 0 Å². The van der Waals surface area contributed by atoms with Crippen molar-refractivity contribution < 1.29 is 19.1 Å². The molecule has 0 radical (unpaired) electrons. The number of carbonyl (C=O) groups is 1. The fourth-order valence-electron chi connectivity index (χ4n) is 4.15. The van der Waals surface area contributed by atoms with Gasteiger partial charge in [0.25, 0.3) is 5.91 Å². The lowest BCUT2D eigenvalue weighted by molar-refractivity contribution is 0.0309. The third-order valence-electron chi connectivity index (χ3n) is 5.38. The molecule has 2 N–H and O–H groups in total. The Morgan fingerprint density at radius 2 is 2.04 bits per heavy atom. The highest BCUT2D eigenvalue weighted by molar-refractivity contribution is 5.92. The molecule has 1 saturated carbocycles. The van der Waals surface area contributed by atoms with Crippen LogP contribution in [0.15, 0.2) is 16.5 Å². The Labute approximate surface area is 149 Å². The van der Waals surface area contributed by atoms with E-state index in [0.717, 1.165) is 57.7 Å². The Bertz CT molecular complexity index is 592. The minimum absolute atomic E-state index is 0.0382. The van der Waals surface area contributed by atoms with E-state index in [1.807, 2.05) is 6.07 Å². The number of furan rings is 1. The van der Waals surface area contributed by atoms with E-state index in [-0.39, 0.29) is 17.9 Å². The van der Waals surface area contributed by atoms with Crippen LogP contribution >= 0.6 is 0 Å². The predicted molar refractivity (Wildman–Crippen MR) is 94.3 cm³/mol. The van der Waals surface area contributed by atoms with Crippen molar-refractivity contribution in [2.24, 2.45) is 5.41 Å². The first-order valence-electron chi connectivity index (χ1n) is 9.24. The van der Waals surface area contributed by atoms with E-state index in [2.05, 4.69) is 24.1 Å². The summed E-state index contributed by atoms with van der Waals surface area (Å²) in [7, 11) is 0. The van der Waals surface area contributed by atoms with Crippen LogP contribution in [0.4, 0.5) is 0 Å². The lowest BCUT2D eigenvalue weighted by Gasteiger charge is -2.44. The molecule has 0 spiro atoms. The quantitative estimate of drug-likeness (QED) is 0.851. The molecule has 1 aromatic rings. The van der Waals surface area contributed by atoms with Crippen LogP contribution in [0.1, 0.15) is 55.8 Å². The van der Waals surface area contributed by atoms with Crippen LogP contribution in [0.5, 0.6) is 0 Å². The molecule has 2 fully saturated rings. The van der Waals surface area contributed by atoms with Crippen molar-refractivity contribution in [1.29, 1.82) is 0 Å². The Balaban J connectivity index is 1.62. The molecular weight excluding hydrogens is 320 g/mol. The van der Waals surface area contributed by atoms with E-state index < -0.39 is 5.54 Å². The summed E-state index contributed by atoms with van der Waals surface area (Å²) in [6.07, 6.45) is 3.72. The van der Waals surface area contributed by atoms with Gasteiger partial charge in [0.05, 0.1) is 31.9 Å². The first-order valence-corrected chi connectivity index (χ1v) is 9.24. The van der Waals surface area contributed by atoms with Crippen LogP contribution in [0, 0.1) is 5.41 Å². The fraction of sp³-hybridized carbons (Fsp3) is 0.737. The number of carbonyl (C=O) groups excluding carboxylic acids is 1. The van der Waals surface area contributed by atoms with Gasteiger partial charge in [0.2, 0.25) is 0 Å². The van der Waals surface area contributed by atoms with Gasteiger partial charge in [0.1, 0.15) is 5.76 Å². The average Bonchev–Trinajstić information content (AvgIpc) is 3.03. The number of nitrogens with zero attached hydrogens (tertiary/aromatic N) is 1. The van der Waals surface area contributed by atoms with Gasteiger partial charge in [-0.3, -0.25) is 9.69 Å². The highest BCUT2D eigenvalue weighted by atomic mass is 16.5. The lowest BCUT2D eigenvalue weighted by atomic mass is 9.68. The molecule has 1 aliphatic heterocycles. The van der Waals surface area contributed by atoms with E-state index in [0.29, 0.717) is 12.3 Å². The highest BCUT2D eigenvalue weighted by Gasteiger charge is 2.41. The Kier molecular flexibility index (Phi) is 5.51. The van der Waals surface area contributed by atoms with Crippen LogP contribution in [0.25, 0.3) is 0 Å². The summed E-state index contributed by atoms with van der Waals surface area (Å²) < 4.78 is 11.1. The third-order valence-corrected chi connectivity index (χ3v) is 5.38. The SMILES string of the molecule is CC1(C)CCCC(CO)(NC(=O)c2ccc(CN3CCOCC3)o2)C1. The molecule has 25 heavy (non-hydrogen) atoms. The Morgan fingerprint density at radius 3 is 2.72 bits per heavy atom. The van der Waals surface area contributed by atoms with Crippen LogP contribution in [-0.4, -0.2) is 54.4 Å². The molecule has 6 heteroatoms. The van der Waals surface area contributed by atoms with E-state index in [9.17, 15) is 9.90 Å². The second-order valence-electron chi connectivity index (χ2n) is 8.24. The van der Waals surface area contributed by atoms with Gasteiger partial charge in [0, 0.05) is 13.1 Å². The maximum atomic E-state index is 12.6. The van der Waals surface area contributed by atoms with E-state index in [1.54, 1.807) is 6.07 Å². The third kappa shape index (κ3) is 4.63. The Morgan fingerprint density at radius 1 is 1.28 bits per heavy atom. The molecule has 3 rings (SSSR count). The summed E-state index contributed by atoms with van der Waals surface area (Å²) in [6.45, 7) is 8.27. The number of amides is 1. The van der Waals surface area contributed by atoms with Gasteiger partial charge in [-0.1, -0.05) is 20.3 Å². The van der Waals surface area contributed by atoms with Crippen molar-refractivity contribution in [2.45, 2.75) is 51.6 Å². The molecule has 140 valence electrons. The number of nitrogens with one attached hydrogen (secondary N) is 1. The zero-order valence-electron chi connectivity index (χ0n) is 15.3. The minimum Gasteiger partial charge on any atom is -0.455 e. The second kappa shape index (κ2) is 7.48. The maximum absolute atomic E-state index is 12.6. The molecular formula is C19H30N2O4. The van der Waals surface area contributed by atoms with E-state index in [4.69, 9.17) is 9.15 Å². The van der Waals surface area contributed by atoms with Crippen LogP contribution in [0.2, 0.25) is 0 Å². The first kappa shape index (κ1) is 18.4. The molecule has 1 aromatic heterocycles. The normalized spacial score (nSPS) is 27.2. The second-order valence-corrected chi connectivity index (χ2v) is 8.24. The van der Waals surface area contributed by atoms with Crippen molar-refractivity contribution in [1.82, 2.24) is 10.2 Å². The van der Waals surface area contributed by atoms with E-state index in [1.165, 1.54) is 0 Å². The number of rotatable bonds is 5. The highest BCUT2D eigenvalue weighted by Crippen LogP contribution is 2.40. The van der Waals surface area contributed by atoms with Gasteiger partial charge in [-0.2, -0.15) is 0 Å². The average molecular weight is 350 g/mol. The number of aliphatic hydroxyl groups excluding tert-OH is 1. The van der Waals surface area contributed by atoms with Gasteiger partial charge >= 0.3 is 0 Å². The number of hydrogen-bond donors (Lipinski definition) is 2. The minimum atomic E-state index is -0.546. The number of ether oxygens (including phenoxy) is 1. The molecule has 2 heterocycles. The van der Waals surface area contributed by atoms with Crippen LogP contribution in [0.3, 0.4) is 0 Å². The smallest absolute Gasteiger partial charge is 0.287 e. The first-order chi connectivity index (χ1) is 11.9. The topological polar surface area (TPSA) is 74.9 Å². The summed E-state index contributed by atoms with van der Waals surface area (Å²) >= 11 is 0. The van der Waals surface area contributed by atoms with Crippen LogP contribution in [-0.2, 0) is 11.3 Å². The largest absolute Gasteiger partial charge is 0.455 e.